The van der Waals surface area contributed by atoms with E-state index >= 15 is 0 Å². The average Bonchev–Trinajstić information content (AvgIpc) is 3.01. The molecular formula is C22H31N3O2. The molecule has 1 aliphatic rings. The van der Waals surface area contributed by atoms with E-state index in [-0.39, 0.29) is 17.5 Å². The minimum atomic E-state index is -0.169. The number of nitrogens with one attached hydrogen (secondary N) is 1. The second kappa shape index (κ2) is 7.02. The Morgan fingerprint density at radius 1 is 1.26 bits per heavy atom. The number of fused-ring (bicyclic) bond motifs is 1. The summed E-state index contributed by atoms with van der Waals surface area (Å²) >= 11 is 0. The number of hydrogen-bond acceptors (Lipinski definition) is 3. The molecule has 146 valence electrons. The van der Waals surface area contributed by atoms with Crippen molar-refractivity contribution in [2.45, 2.75) is 72.4 Å². The molecule has 1 aliphatic heterocycles. The number of aromatic nitrogens is 2. The van der Waals surface area contributed by atoms with E-state index in [0.29, 0.717) is 18.2 Å². The van der Waals surface area contributed by atoms with Crippen LogP contribution in [-0.2, 0) is 5.54 Å². The predicted molar refractivity (Wildman–Crippen MR) is 108 cm³/mol. The van der Waals surface area contributed by atoms with Gasteiger partial charge in [0.15, 0.2) is 0 Å². The topological polar surface area (TPSA) is 56.2 Å². The first kappa shape index (κ1) is 19.5. The lowest BCUT2D eigenvalue weighted by Gasteiger charge is -2.28. The highest BCUT2D eigenvalue weighted by Crippen LogP contribution is 2.36. The molecule has 0 fully saturated rings. The van der Waals surface area contributed by atoms with Crippen LogP contribution in [0.25, 0.3) is 0 Å². The van der Waals surface area contributed by atoms with Crippen molar-refractivity contribution >= 4 is 5.91 Å². The van der Waals surface area contributed by atoms with E-state index < -0.39 is 0 Å². The Hall–Kier alpha value is -2.30. The SMILES string of the molecule is Cc1cc(C)c2c(c1)C(NC(=O)c1cc(C(C)C)n(C(C)(C)C)n1)CCO2. The molecule has 2 heterocycles. The number of ether oxygens (including phenoxy) is 1. The normalized spacial score (nSPS) is 16.8. The van der Waals surface area contributed by atoms with Crippen molar-refractivity contribution in [3.63, 3.8) is 0 Å². The highest BCUT2D eigenvalue weighted by Gasteiger charge is 2.28. The maximum atomic E-state index is 13.0. The summed E-state index contributed by atoms with van der Waals surface area (Å²) in [7, 11) is 0. The van der Waals surface area contributed by atoms with Crippen LogP contribution in [-0.4, -0.2) is 22.3 Å². The van der Waals surface area contributed by atoms with Gasteiger partial charge in [0.2, 0.25) is 0 Å². The third-order valence-electron chi connectivity index (χ3n) is 4.98. The first-order valence-corrected chi connectivity index (χ1v) is 9.73. The Morgan fingerprint density at radius 3 is 2.56 bits per heavy atom. The number of amides is 1. The highest BCUT2D eigenvalue weighted by molar-refractivity contribution is 5.92. The molecule has 0 spiro atoms. The first-order valence-electron chi connectivity index (χ1n) is 9.73. The lowest BCUT2D eigenvalue weighted by Crippen LogP contribution is -2.33. The molecule has 0 saturated carbocycles. The third-order valence-corrected chi connectivity index (χ3v) is 4.98. The summed E-state index contributed by atoms with van der Waals surface area (Å²) in [4.78, 5) is 13.0. The molecule has 5 heteroatoms. The van der Waals surface area contributed by atoms with Crippen LogP contribution in [0.1, 0.15) is 85.9 Å². The summed E-state index contributed by atoms with van der Waals surface area (Å²) < 4.78 is 7.83. The zero-order valence-electron chi connectivity index (χ0n) is 17.5. The van der Waals surface area contributed by atoms with Crippen molar-refractivity contribution in [3.05, 3.63) is 46.3 Å². The van der Waals surface area contributed by atoms with Gasteiger partial charge in [0, 0.05) is 17.7 Å². The van der Waals surface area contributed by atoms with Crippen LogP contribution in [0.2, 0.25) is 0 Å². The third kappa shape index (κ3) is 3.87. The lowest BCUT2D eigenvalue weighted by atomic mass is 9.95. The molecule has 1 atom stereocenters. The zero-order valence-corrected chi connectivity index (χ0v) is 17.5. The monoisotopic (exact) mass is 369 g/mol. The maximum Gasteiger partial charge on any atom is 0.272 e. The van der Waals surface area contributed by atoms with Gasteiger partial charge in [0.25, 0.3) is 5.91 Å². The van der Waals surface area contributed by atoms with E-state index in [2.05, 4.69) is 71.0 Å². The van der Waals surface area contributed by atoms with Gasteiger partial charge in [0.1, 0.15) is 11.4 Å². The molecule has 27 heavy (non-hydrogen) atoms. The summed E-state index contributed by atoms with van der Waals surface area (Å²) in [5.74, 6) is 1.07. The Labute approximate surface area is 162 Å². The Balaban J connectivity index is 1.90. The molecule has 5 nitrogen and oxygen atoms in total. The largest absolute Gasteiger partial charge is 0.493 e. The smallest absolute Gasteiger partial charge is 0.272 e. The van der Waals surface area contributed by atoms with Gasteiger partial charge in [-0.15, -0.1) is 0 Å². The van der Waals surface area contributed by atoms with Gasteiger partial charge in [-0.1, -0.05) is 31.5 Å². The average molecular weight is 370 g/mol. The minimum absolute atomic E-state index is 0.0536. The maximum absolute atomic E-state index is 13.0. The van der Waals surface area contributed by atoms with Gasteiger partial charge in [-0.05, 0) is 52.2 Å². The molecule has 3 rings (SSSR count). The number of carbonyl (C=O) groups excluding carboxylic acids is 1. The molecule has 2 aromatic rings. The van der Waals surface area contributed by atoms with Gasteiger partial charge < -0.3 is 10.1 Å². The van der Waals surface area contributed by atoms with Crippen molar-refractivity contribution in [2.24, 2.45) is 0 Å². The summed E-state index contributed by atoms with van der Waals surface area (Å²) in [6.45, 7) is 15.3. The van der Waals surface area contributed by atoms with Crippen LogP contribution in [0.3, 0.4) is 0 Å². The quantitative estimate of drug-likeness (QED) is 0.858. The van der Waals surface area contributed by atoms with Crippen molar-refractivity contribution < 1.29 is 9.53 Å². The Bertz CT molecular complexity index is 859. The molecule has 1 amide bonds. The fourth-order valence-corrected chi connectivity index (χ4v) is 3.71. The van der Waals surface area contributed by atoms with Crippen LogP contribution < -0.4 is 10.1 Å². The molecule has 0 radical (unpaired) electrons. The van der Waals surface area contributed by atoms with Crippen LogP contribution in [0, 0.1) is 13.8 Å². The molecule has 0 saturated heterocycles. The minimum Gasteiger partial charge on any atom is -0.493 e. The van der Waals surface area contributed by atoms with Gasteiger partial charge in [-0.3, -0.25) is 9.48 Å². The van der Waals surface area contributed by atoms with Crippen LogP contribution >= 0.6 is 0 Å². The number of aryl methyl sites for hydroxylation is 2. The molecular weight excluding hydrogens is 338 g/mol. The van der Waals surface area contributed by atoms with Crippen LogP contribution in [0.15, 0.2) is 18.2 Å². The molecule has 1 aromatic carbocycles. The van der Waals surface area contributed by atoms with Gasteiger partial charge in [-0.25, -0.2) is 0 Å². The molecule has 0 aliphatic carbocycles. The van der Waals surface area contributed by atoms with Crippen molar-refractivity contribution in [2.75, 3.05) is 6.61 Å². The fraction of sp³-hybridized carbons (Fsp3) is 0.545. The predicted octanol–water partition coefficient (Wildman–Crippen LogP) is 4.63. The summed E-state index contributed by atoms with van der Waals surface area (Å²) in [6.07, 6.45) is 0.763. The number of benzene rings is 1. The van der Waals surface area contributed by atoms with E-state index in [1.54, 1.807) is 0 Å². The fourth-order valence-electron chi connectivity index (χ4n) is 3.71. The number of carbonyl (C=O) groups is 1. The molecule has 1 aromatic heterocycles. The van der Waals surface area contributed by atoms with Gasteiger partial charge in [0.05, 0.1) is 18.2 Å². The van der Waals surface area contributed by atoms with E-state index in [9.17, 15) is 4.79 Å². The Morgan fingerprint density at radius 2 is 1.96 bits per heavy atom. The van der Waals surface area contributed by atoms with Crippen molar-refractivity contribution in [1.82, 2.24) is 15.1 Å². The standard InChI is InChI=1S/C22H31N3O2/c1-13(2)19-12-18(24-25(19)22(5,6)7)21(26)23-17-8-9-27-20-15(4)10-14(3)11-16(17)20/h10-13,17H,8-9H2,1-7H3,(H,23,26). The van der Waals surface area contributed by atoms with E-state index in [4.69, 9.17) is 4.74 Å². The molecule has 1 N–H and O–H groups in total. The van der Waals surface area contributed by atoms with Gasteiger partial charge in [-0.2, -0.15) is 5.10 Å². The zero-order chi connectivity index (χ0) is 19.9. The van der Waals surface area contributed by atoms with Crippen molar-refractivity contribution in [1.29, 1.82) is 0 Å². The first-order chi connectivity index (χ1) is 12.6. The summed E-state index contributed by atoms with van der Waals surface area (Å²) in [5.41, 5.74) is 4.74. The van der Waals surface area contributed by atoms with Crippen LogP contribution in [0.4, 0.5) is 0 Å². The summed E-state index contributed by atoms with van der Waals surface area (Å²) in [6, 6.07) is 6.09. The number of rotatable bonds is 3. The second-order valence-corrected chi connectivity index (χ2v) is 8.86. The van der Waals surface area contributed by atoms with Gasteiger partial charge >= 0.3 is 0 Å². The number of hydrogen-bond donors (Lipinski definition) is 1. The molecule has 1 unspecified atom stereocenters. The summed E-state index contributed by atoms with van der Waals surface area (Å²) in [5, 5.41) is 7.81. The second-order valence-electron chi connectivity index (χ2n) is 8.86. The Kier molecular flexibility index (Phi) is 5.06. The van der Waals surface area contributed by atoms with Crippen molar-refractivity contribution in [3.8, 4) is 5.75 Å². The van der Waals surface area contributed by atoms with E-state index in [1.807, 2.05) is 10.7 Å². The highest BCUT2D eigenvalue weighted by atomic mass is 16.5. The lowest BCUT2D eigenvalue weighted by molar-refractivity contribution is 0.0918. The van der Waals surface area contributed by atoms with E-state index in [0.717, 1.165) is 29.0 Å². The van der Waals surface area contributed by atoms with Crippen LogP contribution in [0.5, 0.6) is 5.75 Å². The molecule has 0 bridgehead atoms. The van der Waals surface area contributed by atoms with E-state index in [1.165, 1.54) is 5.56 Å². The number of nitrogens with zero attached hydrogens (tertiary/aromatic N) is 2.